The Hall–Kier alpha value is -0.820. The van der Waals surface area contributed by atoms with Crippen LogP contribution >= 0.6 is 17.0 Å². The molecule has 0 saturated carbocycles. The van der Waals surface area contributed by atoms with Crippen molar-refractivity contribution in [3.63, 3.8) is 0 Å². The molecule has 0 bridgehead atoms. The van der Waals surface area contributed by atoms with Crippen molar-refractivity contribution < 1.29 is 0 Å². The molecule has 0 saturated heterocycles. The minimum absolute atomic E-state index is 0. The van der Waals surface area contributed by atoms with E-state index >= 15 is 0 Å². The van der Waals surface area contributed by atoms with Crippen LogP contribution in [0.1, 0.15) is 0 Å². The van der Waals surface area contributed by atoms with Gasteiger partial charge in [-0.3, -0.25) is 15.4 Å². The normalized spacial score (nSPS) is 14.5. The van der Waals surface area contributed by atoms with Crippen molar-refractivity contribution in [3.8, 4) is 0 Å². The number of hydrogen-bond acceptors (Lipinski definition) is 4. The lowest BCUT2D eigenvalue weighted by atomic mass is 10.7. The minimum Gasteiger partial charge on any atom is -0.367 e. The SMILES string of the molecule is Br.N=C(N)N(N)N1C=NCC1. The lowest BCUT2D eigenvalue weighted by Crippen LogP contribution is -2.52. The summed E-state index contributed by atoms with van der Waals surface area (Å²) in [6.07, 6.45) is 1.56. The van der Waals surface area contributed by atoms with Crippen molar-refractivity contribution >= 4 is 29.3 Å². The van der Waals surface area contributed by atoms with Crippen LogP contribution in [0.2, 0.25) is 0 Å². The molecule has 0 unspecified atom stereocenters. The number of nitrogens with two attached hydrogens (primary N) is 2. The first-order valence-electron chi connectivity index (χ1n) is 2.87. The van der Waals surface area contributed by atoms with Crippen LogP contribution in [0.5, 0.6) is 0 Å². The molecule has 0 aromatic rings. The molecule has 0 aromatic carbocycles. The molecule has 1 aliphatic heterocycles. The Morgan fingerprint density at radius 2 is 2.36 bits per heavy atom. The quantitative estimate of drug-likeness (QED) is 0.227. The highest BCUT2D eigenvalue weighted by Gasteiger charge is 2.11. The zero-order chi connectivity index (χ0) is 7.56. The molecular formula is C4H11BrN6. The highest BCUT2D eigenvalue weighted by molar-refractivity contribution is 8.93. The first kappa shape index (κ1) is 10.2. The second-order valence-corrected chi connectivity index (χ2v) is 1.91. The Labute approximate surface area is 75.1 Å². The smallest absolute Gasteiger partial charge is 0.223 e. The van der Waals surface area contributed by atoms with Crippen LogP contribution in [0.25, 0.3) is 0 Å². The topological polar surface area (TPSA) is 94.7 Å². The second-order valence-electron chi connectivity index (χ2n) is 1.91. The summed E-state index contributed by atoms with van der Waals surface area (Å²) in [5.74, 6) is 5.15. The van der Waals surface area contributed by atoms with Crippen molar-refractivity contribution in [2.45, 2.75) is 0 Å². The van der Waals surface area contributed by atoms with E-state index in [0.717, 1.165) is 5.12 Å². The van der Waals surface area contributed by atoms with Gasteiger partial charge in [0.2, 0.25) is 5.96 Å². The van der Waals surface area contributed by atoms with Crippen molar-refractivity contribution in [1.82, 2.24) is 10.1 Å². The van der Waals surface area contributed by atoms with Gasteiger partial charge in [-0.15, -0.1) is 17.0 Å². The van der Waals surface area contributed by atoms with E-state index in [1.165, 1.54) is 0 Å². The average molecular weight is 223 g/mol. The van der Waals surface area contributed by atoms with Crippen molar-refractivity contribution in [1.29, 1.82) is 5.41 Å². The molecule has 0 fully saturated rings. The Kier molecular flexibility index (Phi) is 3.83. The van der Waals surface area contributed by atoms with E-state index in [2.05, 4.69) is 4.99 Å². The lowest BCUT2D eigenvalue weighted by Gasteiger charge is -2.24. The molecule has 0 spiro atoms. The maximum Gasteiger partial charge on any atom is 0.223 e. The summed E-state index contributed by atoms with van der Waals surface area (Å²) in [6.45, 7) is 1.40. The largest absolute Gasteiger partial charge is 0.367 e. The fourth-order valence-corrected chi connectivity index (χ4v) is 0.672. The Balaban J connectivity index is 0.000001000. The number of halogens is 1. The Bertz CT molecular complexity index is 168. The molecule has 0 radical (unpaired) electrons. The summed E-state index contributed by atoms with van der Waals surface area (Å²) in [4.78, 5) is 3.90. The first-order chi connectivity index (χ1) is 4.72. The predicted molar refractivity (Wildman–Crippen MR) is 48.3 cm³/mol. The summed E-state index contributed by atoms with van der Waals surface area (Å²) >= 11 is 0. The fourth-order valence-electron chi connectivity index (χ4n) is 0.672. The third kappa shape index (κ3) is 2.35. The molecule has 7 heteroatoms. The summed E-state index contributed by atoms with van der Waals surface area (Å²) in [6, 6.07) is 0. The number of hydrazine groups is 2. The monoisotopic (exact) mass is 222 g/mol. The molecule has 1 aliphatic rings. The van der Waals surface area contributed by atoms with Gasteiger partial charge in [0.15, 0.2) is 0 Å². The van der Waals surface area contributed by atoms with E-state index in [1.54, 1.807) is 11.3 Å². The second kappa shape index (κ2) is 4.14. The van der Waals surface area contributed by atoms with Gasteiger partial charge in [-0.25, -0.2) is 5.84 Å². The van der Waals surface area contributed by atoms with E-state index in [-0.39, 0.29) is 22.9 Å². The predicted octanol–water partition coefficient (Wildman–Crippen LogP) is -1.11. The number of aliphatic imine (C=N–C) groups is 1. The standard InChI is InChI=1S/C4H10N6.BrH/c5-4(6)10(7)9-2-1-8-3-9;/h3H,1-2,7H2,(H3,5,6);1H. The molecule has 5 N–H and O–H groups in total. The molecule has 0 atom stereocenters. The van der Waals surface area contributed by atoms with Gasteiger partial charge < -0.3 is 5.73 Å². The summed E-state index contributed by atoms with van der Waals surface area (Å²) in [7, 11) is 0. The number of guanidine groups is 1. The van der Waals surface area contributed by atoms with Crippen molar-refractivity contribution in [2.24, 2.45) is 16.6 Å². The Morgan fingerprint density at radius 3 is 2.73 bits per heavy atom. The number of hydrogen-bond donors (Lipinski definition) is 3. The van der Waals surface area contributed by atoms with Crippen LogP contribution in [-0.4, -0.2) is 35.5 Å². The molecular weight excluding hydrogens is 212 g/mol. The van der Waals surface area contributed by atoms with Crippen LogP contribution in [0.15, 0.2) is 4.99 Å². The van der Waals surface area contributed by atoms with Gasteiger partial charge in [-0.1, -0.05) is 0 Å². The van der Waals surface area contributed by atoms with Gasteiger partial charge in [-0.2, -0.15) is 5.12 Å². The van der Waals surface area contributed by atoms with Gasteiger partial charge in [0.05, 0.1) is 13.1 Å². The van der Waals surface area contributed by atoms with E-state index < -0.39 is 0 Å². The number of nitrogens with zero attached hydrogens (tertiary/aromatic N) is 3. The third-order valence-corrected chi connectivity index (χ3v) is 1.20. The van der Waals surface area contributed by atoms with E-state index in [1.807, 2.05) is 0 Å². The molecule has 1 rings (SSSR count). The minimum atomic E-state index is -0.187. The van der Waals surface area contributed by atoms with E-state index in [4.69, 9.17) is 17.0 Å². The molecule has 64 valence electrons. The first-order valence-corrected chi connectivity index (χ1v) is 2.87. The van der Waals surface area contributed by atoms with Crippen molar-refractivity contribution in [3.05, 3.63) is 0 Å². The summed E-state index contributed by atoms with van der Waals surface area (Å²) in [5.41, 5.74) is 5.10. The third-order valence-electron chi connectivity index (χ3n) is 1.20. The van der Waals surface area contributed by atoms with Gasteiger partial charge in [0.1, 0.15) is 6.34 Å². The van der Waals surface area contributed by atoms with Crippen LogP contribution in [-0.2, 0) is 0 Å². The summed E-state index contributed by atoms with van der Waals surface area (Å²) in [5, 5.41) is 9.56. The maximum absolute atomic E-state index is 6.94. The van der Waals surface area contributed by atoms with Gasteiger partial charge in [0.25, 0.3) is 0 Å². The van der Waals surface area contributed by atoms with E-state index in [0.29, 0.717) is 13.1 Å². The average Bonchev–Trinajstić information content (AvgIpc) is 2.36. The zero-order valence-electron chi connectivity index (χ0n) is 5.90. The number of nitrogens with one attached hydrogen (secondary N) is 1. The maximum atomic E-state index is 6.94. The van der Waals surface area contributed by atoms with Crippen LogP contribution in [0, 0.1) is 5.41 Å². The highest BCUT2D eigenvalue weighted by atomic mass is 79.9. The van der Waals surface area contributed by atoms with Gasteiger partial charge in [-0.05, 0) is 0 Å². The highest BCUT2D eigenvalue weighted by Crippen LogP contribution is 1.93. The van der Waals surface area contributed by atoms with Crippen LogP contribution < -0.4 is 11.6 Å². The van der Waals surface area contributed by atoms with Crippen LogP contribution in [0.3, 0.4) is 0 Å². The lowest BCUT2D eigenvalue weighted by molar-refractivity contribution is 0.151. The summed E-state index contributed by atoms with van der Waals surface area (Å²) < 4.78 is 0. The molecule has 11 heavy (non-hydrogen) atoms. The van der Waals surface area contributed by atoms with Crippen molar-refractivity contribution in [2.75, 3.05) is 13.1 Å². The molecule has 0 amide bonds. The van der Waals surface area contributed by atoms with Gasteiger partial charge >= 0.3 is 0 Å². The van der Waals surface area contributed by atoms with E-state index in [9.17, 15) is 0 Å². The Morgan fingerprint density at radius 1 is 1.73 bits per heavy atom. The van der Waals surface area contributed by atoms with Gasteiger partial charge in [0, 0.05) is 0 Å². The number of rotatable bonds is 1. The zero-order valence-corrected chi connectivity index (χ0v) is 7.61. The molecule has 0 aliphatic carbocycles. The van der Waals surface area contributed by atoms with Crippen LogP contribution in [0.4, 0.5) is 0 Å². The molecule has 6 nitrogen and oxygen atoms in total. The molecule has 0 aromatic heterocycles. The fraction of sp³-hybridized carbons (Fsp3) is 0.500. The molecule has 1 heterocycles.